The van der Waals surface area contributed by atoms with Crippen LogP contribution in [0.15, 0.2) is 42.6 Å². The fourth-order valence-electron chi connectivity index (χ4n) is 4.72. The molecule has 0 N–H and O–H groups in total. The number of methoxy groups -OCH3 is 1. The van der Waals surface area contributed by atoms with E-state index in [0.717, 1.165) is 57.0 Å². The van der Waals surface area contributed by atoms with Crippen molar-refractivity contribution in [2.24, 2.45) is 0 Å². The Morgan fingerprint density at radius 3 is 2.71 bits per heavy atom. The Labute approximate surface area is 188 Å². The van der Waals surface area contributed by atoms with Crippen molar-refractivity contribution in [3.8, 4) is 17.0 Å². The normalized spacial score (nSPS) is 16.1. The smallest absolute Gasteiger partial charge is 0.128 e. The van der Waals surface area contributed by atoms with Crippen molar-refractivity contribution in [1.82, 2.24) is 14.9 Å². The molecule has 0 unspecified atom stereocenters. The van der Waals surface area contributed by atoms with Gasteiger partial charge in [0.15, 0.2) is 0 Å². The van der Waals surface area contributed by atoms with E-state index >= 15 is 0 Å². The van der Waals surface area contributed by atoms with Crippen LogP contribution in [0.3, 0.4) is 0 Å². The molecule has 1 aromatic carbocycles. The zero-order valence-electron chi connectivity index (χ0n) is 18.2. The molecule has 5 nitrogen and oxygen atoms in total. The predicted octanol–water partition coefficient (Wildman–Crippen LogP) is 4.46. The molecule has 1 saturated heterocycles. The van der Waals surface area contributed by atoms with E-state index in [1.807, 2.05) is 23.6 Å². The molecule has 2 aliphatic rings. The highest BCUT2D eigenvalue weighted by molar-refractivity contribution is 7.12. The van der Waals surface area contributed by atoms with E-state index in [1.54, 1.807) is 7.11 Å². The van der Waals surface area contributed by atoms with Crippen molar-refractivity contribution < 1.29 is 4.74 Å². The fraction of sp³-hybridized carbons (Fsp3) is 0.440. The van der Waals surface area contributed by atoms with E-state index in [9.17, 15) is 0 Å². The molecule has 1 fully saturated rings. The average molecular weight is 435 g/mol. The Bertz CT molecular complexity index is 1010. The number of piperazine rings is 1. The van der Waals surface area contributed by atoms with Crippen molar-refractivity contribution in [2.45, 2.75) is 32.1 Å². The third-order valence-corrected chi connectivity index (χ3v) is 7.59. The highest BCUT2D eigenvalue weighted by Gasteiger charge is 2.23. The van der Waals surface area contributed by atoms with Gasteiger partial charge in [0.1, 0.15) is 11.6 Å². The molecule has 6 heteroatoms. The summed E-state index contributed by atoms with van der Waals surface area (Å²) in [5, 5.41) is 1.29. The van der Waals surface area contributed by atoms with E-state index in [0.29, 0.717) is 0 Å². The van der Waals surface area contributed by atoms with Gasteiger partial charge in [-0.15, -0.1) is 11.3 Å². The Morgan fingerprint density at radius 2 is 1.90 bits per heavy atom. The molecule has 3 heterocycles. The summed E-state index contributed by atoms with van der Waals surface area (Å²) in [5.74, 6) is 2.11. The molecule has 31 heavy (non-hydrogen) atoms. The lowest BCUT2D eigenvalue weighted by Crippen LogP contribution is -2.46. The van der Waals surface area contributed by atoms with Gasteiger partial charge in [-0.05, 0) is 56.8 Å². The van der Waals surface area contributed by atoms with Crippen molar-refractivity contribution >= 4 is 17.2 Å². The van der Waals surface area contributed by atoms with Crippen LogP contribution >= 0.6 is 11.3 Å². The molecule has 2 aromatic heterocycles. The molecule has 0 radical (unpaired) electrons. The van der Waals surface area contributed by atoms with Crippen LogP contribution in [0.1, 0.15) is 28.3 Å². The number of benzene rings is 1. The second kappa shape index (κ2) is 9.37. The molecule has 0 atom stereocenters. The number of nitrogens with zero attached hydrogens (tertiary/aromatic N) is 4. The Morgan fingerprint density at radius 1 is 1.00 bits per heavy atom. The summed E-state index contributed by atoms with van der Waals surface area (Å²) in [6.45, 7) is 5.57. The number of fused-ring (bicyclic) bond motifs is 3. The molecule has 0 amide bonds. The summed E-state index contributed by atoms with van der Waals surface area (Å²) in [7, 11) is 1.76. The first-order chi connectivity index (χ1) is 15.3. The molecule has 162 valence electrons. The van der Waals surface area contributed by atoms with Crippen LogP contribution in [0.4, 0.5) is 5.82 Å². The van der Waals surface area contributed by atoms with Gasteiger partial charge in [-0.2, -0.15) is 0 Å². The van der Waals surface area contributed by atoms with E-state index in [2.05, 4.69) is 45.1 Å². The fourth-order valence-corrected chi connectivity index (χ4v) is 5.84. The van der Waals surface area contributed by atoms with Crippen LogP contribution in [-0.4, -0.2) is 54.7 Å². The van der Waals surface area contributed by atoms with Gasteiger partial charge in [0.25, 0.3) is 0 Å². The number of hydrogen-bond donors (Lipinski definition) is 0. The third-order valence-electron chi connectivity index (χ3n) is 6.41. The summed E-state index contributed by atoms with van der Waals surface area (Å²) >= 11 is 1.92. The van der Waals surface area contributed by atoms with E-state index in [4.69, 9.17) is 9.72 Å². The molecule has 1 aliphatic carbocycles. The quantitative estimate of drug-likeness (QED) is 0.514. The van der Waals surface area contributed by atoms with Crippen LogP contribution in [0.5, 0.6) is 5.75 Å². The number of aryl methyl sites for hydroxylation is 2. The first kappa shape index (κ1) is 20.5. The highest BCUT2D eigenvalue weighted by atomic mass is 32.1. The molecule has 3 aromatic rings. The van der Waals surface area contributed by atoms with Gasteiger partial charge in [0.2, 0.25) is 0 Å². The minimum atomic E-state index is 1.00. The maximum absolute atomic E-state index is 5.57. The van der Waals surface area contributed by atoms with Gasteiger partial charge in [-0.25, -0.2) is 9.97 Å². The van der Waals surface area contributed by atoms with Crippen LogP contribution in [0.2, 0.25) is 0 Å². The maximum atomic E-state index is 5.57. The first-order valence-corrected chi connectivity index (χ1v) is 12.2. The number of anilines is 1. The molecule has 1 aliphatic heterocycles. The molecule has 0 bridgehead atoms. The van der Waals surface area contributed by atoms with Gasteiger partial charge < -0.3 is 9.64 Å². The van der Waals surface area contributed by atoms with Crippen LogP contribution < -0.4 is 9.64 Å². The van der Waals surface area contributed by atoms with E-state index in [1.165, 1.54) is 46.1 Å². The van der Waals surface area contributed by atoms with Gasteiger partial charge in [0, 0.05) is 48.4 Å². The van der Waals surface area contributed by atoms with Gasteiger partial charge in [0.05, 0.1) is 17.8 Å². The van der Waals surface area contributed by atoms with Gasteiger partial charge in [-0.3, -0.25) is 4.90 Å². The zero-order chi connectivity index (χ0) is 21.0. The Balaban J connectivity index is 1.11. The van der Waals surface area contributed by atoms with Crippen molar-refractivity contribution in [1.29, 1.82) is 0 Å². The van der Waals surface area contributed by atoms with Crippen LogP contribution in [0, 0.1) is 0 Å². The molecule has 0 saturated carbocycles. The number of thiazole rings is 1. The number of ether oxygens (including phenoxy) is 1. The summed E-state index contributed by atoms with van der Waals surface area (Å²) < 4.78 is 5.57. The second-order valence-electron chi connectivity index (χ2n) is 8.34. The lowest BCUT2D eigenvalue weighted by atomic mass is 9.93. The van der Waals surface area contributed by atoms with Crippen molar-refractivity contribution in [3.05, 3.63) is 58.0 Å². The lowest BCUT2D eigenvalue weighted by molar-refractivity contribution is 0.252. The van der Waals surface area contributed by atoms with Crippen LogP contribution in [0.25, 0.3) is 11.3 Å². The van der Waals surface area contributed by atoms with Crippen molar-refractivity contribution in [2.75, 3.05) is 44.7 Å². The average Bonchev–Trinajstić information content (AvgIpc) is 3.26. The molecular weight excluding hydrogens is 404 g/mol. The second-order valence-corrected chi connectivity index (χ2v) is 9.51. The lowest BCUT2D eigenvalue weighted by Gasteiger charge is -2.35. The van der Waals surface area contributed by atoms with E-state index in [-0.39, 0.29) is 0 Å². The highest BCUT2D eigenvalue weighted by Crippen LogP contribution is 2.40. The molecule has 0 spiro atoms. The molecule has 5 rings (SSSR count). The summed E-state index contributed by atoms with van der Waals surface area (Å²) in [5.41, 5.74) is 3.79. The largest absolute Gasteiger partial charge is 0.496 e. The predicted molar refractivity (Wildman–Crippen MR) is 127 cm³/mol. The van der Waals surface area contributed by atoms with Gasteiger partial charge >= 0.3 is 0 Å². The standard InChI is InChI=1S/C25H30N4OS/c1-30-21-8-6-7-20-19(21)11-12-22-25(20)27-24(31-22)10-3-5-14-28-15-17-29(18-16-28)23-9-2-4-13-26-23/h2,4,6-9,13H,3,5,10-12,14-18H2,1H3. The maximum Gasteiger partial charge on any atom is 0.128 e. The number of unbranched alkanes of at least 4 members (excludes halogenated alkanes) is 1. The summed E-state index contributed by atoms with van der Waals surface area (Å²) in [6.07, 6.45) is 7.55. The first-order valence-electron chi connectivity index (χ1n) is 11.3. The minimum absolute atomic E-state index is 1.00. The van der Waals surface area contributed by atoms with Crippen LogP contribution in [-0.2, 0) is 19.3 Å². The minimum Gasteiger partial charge on any atom is -0.496 e. The molecular formula is C25H30N4OS. The Kier molecular flexibility index (Phi) is 6.18. The number of aromatic nitrogens is 2. The summed E-state index contributed by atoms with van der Waals surface area (Å²) in [4.78, 5) is 15.9. The van der Waals surface area contributed by atoms with Crippen molar-refractivity contribution in [3.63, 3.8) is 0 Å². The van der Waals surface area contributed by atoms with Gasteiger partial charge in [-0.1, -0.05) is 18.2 Å². The zero-order valence-corrected chi connectivity index (χ0v) is 19.0. The number of pyridine rings is 1. The third kappa shape index (κ3) is 4.46. The Hall–Kier alpha value is -2.44. The number of hydrogen-bond acceptors (Lipinski definition) is 6. The monoisotopic (exact) mass is 434 g/mol. The topological polar surface area (TPSA) is 41.5 Å². The summed E-state index contributed by atoms with van der Waals surface area (Å²) in [6, 6.07) is 12.5. The number of rotatable bonds is 7. The van der Waals surface area contributed by atoms with E-state index < -0.39 is 0 Å². The SMILES string of the molecule is COc1cccc2c1CCc1sc(CCCCN3CCN(c4ccccn4)CC3)nc1-2.